The molecule has 2 aromatic heterocycles. The Morgan fingerprint density at radius 1 is 1.46 bits per heavy atom. The van der Waals surface area contributed by atoms with Gasteiger partial charge in [-0.3, -0.25) is 0 Å². The summed E-state index contributed by atoms with van der Waals surface area (Å²) in [6.45, 7) is 2.86. The SMILES string of the molecule is CCc1nc([C@@]23CCC[C@@H]2CN(S(=O)(=O)c2cn(C)cn2)C3)no1. The van der Waals surface area contributed by atoms with Crippen molar-refractivity contribution in [1.82, 2.24) is 24.0 Å². The number of nitrogens with zero attached hydrogens (tertiary/aromatic N) is 5. The molecule has 1 aliphatic carbocycles. The molecular formula is C15H21N5O3S. The minimum atomic E-state index is -3.59. The van der Waals surface area contributed by atoms with Gasteiger partial charge in [-0.05, 0) is 18.8 Å². The van der Waals surface area contributed by atoms with Crippen LogP contribution in [0.4, 0.5) is 0 Å². The summed E-state index contributed by atoms with van der Waals surface area (Å²) in [6.07, 6.45) is 6.69. The van der Waals surface area contributed by atoms with Gasteiger partial charge in [0.2, 0.25) is 5.89 Å². The molecule has 0 N–H and O–H groups in total. The maximum Gasteiger partial charge on any atom is 0.262 e. The number of rotatable bonds is 4. The molecule has 0 bridgehead atoms. The van der Waals surface area contributed by atoms with Crippen molar-refractivity contribution >= 4 is 10.0 Å². The Morgan fingerprint density at radius 3 is 2.96 bits per heavy atom. The highest BCUT2D eigenvalue weighted by Gasteiger charge is 2.56. The third-order valence-corrected chi connectivity index (χ3v) is 7.04. The van der Waals surface area contributed by atoms with E-state index in [1.165, 1.54) is 6.33 Å². The van der Waals surface area contributed by atoms with E-state index in [9.17, 15) is 8.42 Å². The van der Waals surface area contributed by atoms with Crippen molar-refractivity contribution in [2.24, 2.45) is 13.0 Å². The third kappa shape index (κ3) is 2.21. The molecule has 24 heavy (non-hydrogen) atoms. The van der Waals surface area contributed by atoms with Gasteiger partial charge in [0.05, 0.1) is 11.7 Å². The van der Waals surface area contributed by atoms with Crippen LogP contribution in [0, 0.1) is 5.92 Å². The minimum Gasteiger partial charge on any atom is -0.339 e. The number of fused-ring (bicyclic) bond motifs is 1. The first-order valence-corrected chi connectivity index (χ1v) is 9.71. The Balaban J connectivity index is 1.68. The Hall–Kier alpha value is -1.74. The van der Waals surface area contributed by atoms with E-state index in [-0.39, 0.29) is 16.4 Å². The lowest BCUT2D eigenvalue weighted by Gasteiger charge is -2.24. The lowest BCUT2D eigenvalue weighted by atomic mass is 9.80. The summed E-state index contributed by atoms with van der Waals surface area (Å²) in [6, 6.07) is 0. The van der Waals surface area contributed by atoms with Crippen LogP contribution in [0.2, 0.25) is 0 Å². The molecule has 0 aromatic carbocycles. The van der Waals surface area contributed by atoms with Crippen LogP contribution in [0.1, 0.15) is 37.9 Å². The highest BCUT2D eigenvalue weighted by Crippen LogP contribution is 2.50. The molecule has 1 aliphatic heterocycles. The van der Waals surface area contributed by atoms with Crippen LogP contribution >= 0.6 is 0 Å². The smallest absolute Gasteiger partial charge is 0.262 e. The second-order valence-electron chi connectivity index (χ2n) is 6.79. The van der Waals surface area contributed by atoms with Crippen molar-refractivity contribution in [2.75, 3.05) is 13.1 Å². The Kier molecular flexibility index (Phi) is 3.54. The lowest BCUT2D eigenvalue weighted by Crippen LogP contribution is -2.35. The molecule has 0 radical (unpaired) electrons. The predicted molar refractivity (Wildman–Crippen MR) is 84.7 cm³/mol. The molecule has 0 spiro atoms. The summed E-state index contributed by atoms with van der Waals surface area (Å²) in [5.41, 5.74) is -0.321. The van der Waals surface area contributed by atoms with Crippen molar-refractivity contribution < 1.29 is 12.9 Å². The molecular weight excluding hydrogens is 330 g/mol. The minimum absolute atomic E-state index is 0.0995. The zero-order valence-corrected chi connectivity index (χ0v) is 14.7. The lowest BCUT2D eigenvalue weighted by molar-refractivity contribution is 0.329. The maximum atomic E-state index is 12.9. The molecule has 0 unspecified atom stereocenters. The van der Waals surface area contributed by atoms with Crippen molar-refractivity contribution in [1.29, 1.82) is 0 Å². The maximum absolute atomic E-state index is 12.9. The number of aryl methyl sites for hydroxylation is 2. The van der Waals surface area contributed by atoms with E-state index < -0.39 is 10.0 Å². The largest absolute Gasteiger partial charge is 0.339 e. The van der Waals surface area contributed by atoms with Crippen LogP contribution in [0.5, 0.6) is 0 Å². The Bertz CT molecular complexity index is 858. The number of aromatic nitrogens is 4. The zero-order valence-electron chi connectivity index (χ0n) is 13.8. The molecule has 2 atom stereocenters. The van der Waals surface area contributed by atoms with Gasteiger partial charge in [0.15, 0.2) is 10.9 Å². The van der Waals surface area contributed by atoms with Crippen LogP contribution in [0.15, 0.2) is 22.1 Å². The van der Waals surface area contributed by atoms with Crippen LogP contribution < -0.4 is 0 Å². The summed E-state index contributed by atoms with van der Waals surface area (Å²) >= 11 is 0. The Morgan fingerprint density at radius 2 is 2.29 bits per heavy atom. The number of sulfonamides is 1. The summed E-state index contributed by atoms with van der Waals surface area (Å²) in [5.74, 6) is 1.51. The summed E-state index contributed by atoms with van der Waals surface area (Å²) in [5, 5.41) is 4.27. The monoisotopic (exact) mass is 351 g/mol. The highest BCUT2D eigenvalue weighted by molar-refractivity contribution is 7.89. The molecule has 2 aliphatic rings. The van der Waals surface area contributed by atoms with Crippen LogP contribution in [0.25, 0.3) is 0 Å². The Labute approximate surface area is 140 Å². The summed E-state index contributed by atoms with van der Waals surface area (Å²) in [7, 11) is -1.83. The third-order valence-electron chi connectivity index (χ3n) is 5.34. The standard InChI is InChI=1S/C15H21N5O3S/c1-3-12-17-14(18-23-12)15-6-4-5-11(15)7-20(9-15)24(21,22)13-8-19(2)10-16-13/h8,10-11H,3-7,9H2,1-2H3/t11-,15-/m1/s1. The van der Waals surface area contributed by atoms with Gasteiger partial charge in [-0.2, -0.15) is 9.29 Å². The van der Waals surface area contributed by atoms with Crippen LogP contribution in [-0.4, -0.2) is 45.5 Å². The number of imidazole rings is 1. The van der Waals surface area contributed by atoms with Crippen molar-refractivity contribution in [3.05, 3.63) is 24.2 Å². The van der Waals surface area contributed by atoms with Crippen LogP contribution in [0.3, 0.4) is 0 Å². The van der Waals surface area contributed by atoms with Crippen molar-refractivity contribution in [3.63, 3.8) is 0 Å². The zero-order chi connectivity index (χ0) is 16.9. The topological polar surface area (TPSA) is 94.1 Å². The van der Waals surface area contributed by atoms with E-state index >= 15 is 0 Å². The fourth-order valence-corrected chi connectivity index (χ4v) is 5.57. The average Bonchev–Trinajstić information content (AvgIpc) is 3.28. The van der Waals surface area contributed by atoms with E-state index in [2.05, 4.69) is 15.1 Å². The van der Waals surface area contributed by atoms with Gasteiger partial charge in [0.25, 0.3) is 10.0 Å². The van der Waals surface area contributed by atoms with Gasteiger partial charge >= 0.3 is 0 Å². The van der Waals surface area contributed by atoms with Gasteiger partial charge in [0.1, 0.15) is 0 Å². The van der Waals surface area contributed by atoms with Crippen molar-refractivity contribution in [2.45, 2.75) is 43.0 Å². The van der Waals surface area contributed by atoms with Gasteiger partial charge < -0.3 is 9.09 Å². The van der Waals surface area contributed by atoms with E-state index in [1.54, 1.807) is 22.1 Å². The van der Waals surface area contributed by atoms with Gasteiger partial charge in [-0.15, -0.1) is 0 Å². The molecule has 8 nitrogen and oxygen atoms in total. The highest BCUT2D eigenvalue weighted by atomic mass is 32.2. The fourth-order valence-electron chi connectivity index (χ4n) is 4.05. The van der Waals surface area contributed by atoms with E-state index in [0.29, 0.717) is 31.2 Å². The van der Waals surface area contributed by atoms with E-state index in [1.807, 2.05) is 6.92 Å². The first-order valence-electron chi connectivity index (χ1n) is 8.27. The quantitative estimate of drug-likeness (QED) is 0.819. The molecule has 3 heterocycles. The number of hydrogen-bond acceptors (Lipinski definition) is 6. The van der Waals surface area contributed by atoms with Crippen LogP contribution in [-0.2, 0) is 28.9 Å². The molecule has 2 fully saturated rings. The predicted octanol–water partition coefficient (Wildman–Crippen LogP) is 1.11. The molecule has 2 aromatic rings. The van der Waals surface area contributed by atoms with E-state index in [4.69, 9.17) is 4.52 Å². The normalized spacial score (nSPS) is 27.7. The van der Waals surface area contributed by atoms with Crippen molar-refractivity contribution in [3.8, 4) is 0 Å². The first-order chi connectivity index (χ1) is 11.5. The second kappa shape index (κ2) is 5.38. The number of hydrogen-bond donors (Lipinski definition) is 0. The molecule has 130 valence electrons. The summed E-state index contributed by atoms with van der Waals surface area (Å²) < 4.78 is 34.3. The van der Waals surface area contributed by atoms with Gasteiger partial charge in [-0.25, -0.2) is 13.4 Å². The average molecular weight is 351 g/mol. The molecule has 9 heteroatoms. The second-order valence-corrected chi connectivity index (χ2v) is 8.67. The molecule has 0 amide bonds. The summed E-state index contributed by atoms with van der Waals surface area (Å²) in [4.78, 5) is 8.54. The van der Waals surface area contributed by atoms with Gasteiger partial charge in [0, 0.05) is 32.8 Å². The van der Waals surface area contributed by atoms with Gasteiger partial charge in [-0.1, -0.05) is 18.5 Å². The molecule has 1 saturated carbocycles. The molecule has 4 rings (SSSR count). The molecule has 1 saturated heterocycles. The fraction of sp³-hybridized carbons (Fsp3) is 0.667. The first kappa shape index (κ1) is 15.8. The van der Waals surface area contributed by atoms with E-state index in [0.717, 1.165) is 19.3 Å².